The van der Waals surface area contributed by atoms with Crippen LogP contribution in [-0.4, -0.2) is 27.8 Å². The molecular formula is C22H17N3O2S. The number of aromatic nitrogens is 3. The average Bonchev–Trinajstić information content (AvgIpc) is 3.18. The molecule has 0 saturated carbocycles. The summed E-state index contributed by atoms with van der Waals surface area (Å²) in [6.45, 7) is 0. The maximum absolute atomic E-state index is 12.7. The molecule has 0 amide bonds. The normalized spacial score (nSPS) is 16.2. The highest BCUT2D eigenvalue weighted by Gasteiger charge is 2.30. The van der Waals surface area contributed by atoms with Gasteiger partial charge in [-0.25, -0.2) is 4.98 Å². The third-order valence-corrected chi connectivity index (χ3v) is 6.14. The Kier molecular flexibility index (Phi) is 4.13. The summed E-state index contributed by atoms with van der Waals surface area (Å²) in [5, 5.41) is 7.39. The number of fused-ring (bicyclic) bond motifs is 2. The predicted octanol–water partition coefficient (Wildman–Crippen LogP) is 4.98. The minimum absolute atomic E-state index is 0.0236. The topological polar surface area (TPSA) is 57.0 Å². The minimum Gasteiger partial charge on any atom is -0.497 e. The van der Waals surface area contributed by atoms with E-state index in [9.17, 15) is 4.79 Å². The number of carbonyl (C=O) groups is 1. The van der Waals surface area contributed by atoms with Crippen molar-refractivity contribution in [1.29, 1.82) is 0 Å². The number of ether oxygens (including phenoxy) is 1. The van der Waals surface area contributed by atoms with Crippen molar-refractivity contribution in [1.82, 2.24) is 14.8 Å². The second-order valence-corrected chi connectivity index (χ2v) is 7.80. The number of hydrogen-bond acceptors (Lipinski definition) is 5. The summed E-state index contributed by atoms with van der Waals surface area (Å²) in [7, 11) is 1.64. The van der Waals surface area contributed by atoms with Gasteiger partial charge in [-0.2, -0.15) is 4.68 Å². The second-order valence-electron chi connectivity index (χ2n) is 6.63. The molecule has 5 rings (SSSR count). The van der Waals surface area contributed by atoms with Gasteiger partial charge in [0, 0.05) is 17.2 Å². The van der Waals surface area contributed by atoms with Gasteiger partial charge in [-0.1, -0.05) is 66.4 Å². The van der Waals surface area contributed by atoms with E-state index < -0.39 is 0 Å². The Balaban J connectivity index is 1.52. The first kappa shape index (κ1) is 17.0. The number of benzene rings is 3. The van der Waals surface area contributed by atoms with Crippen LogP contribution >= 0.6 is 11.8 Å². The van der Waals surface area contributed by atoms with Crippen LogP contribution in [0.15, 0.2) is 71.9 Å². The highest BCUT2D eigenvalue weighted by atomic mass is 32.2. The smallest absolute Gasteiger partial charge is 0.250 e. The van der Waals surface area contributed by atoms with E-state index in [1.807, 2.05) is 48.5 Å². The number of thioether (sulfide) groups is 1. The van der Waals surface area contributed by atoms with E-state index in [0.717, 1.165) is 27.6 Å². The fourth-order valence-corrected chi connectivity index (χ4v) is 4.64. The Hall–Kier alpha value is -3.12. The van der Waals surface area contributed by atoms with Gasteiger partial charge in [-0.05, 0) is 28.5 Å². The zero-order chi connectivity index (χ0) is 19.1. The maximum atomic E-state index is 12.7. The van der Waals surface area contributed by atoms with Crippen molar-refractivity contribution < 1.29 is 9.53 Å². The molecule has 6 heteroatoms. The van der Waals surface area contributed by atoms with E-state index in [0.29, 0.717) is 17.4 Å². The molecule has 138 valence electrons. The molecule has 5 nitrogen and oxygen atoms in total. The lowest BCUT2D eigenvalue weighted by atomic mass is 10.0. The summed E-state index contributed by atoms with van der Waals surface area (Å²) in [6.07, 6.45) is 0.391. The van der Waals surface area contributed by atoms with Gasteiger partial charge in [0.1, 0.15) is 5.75 Å². The van der Waals surface area contributed by atoms with Gasteiger partial charge in [-0.3, -0.25) is 4.79 Å². The number of hydrogen-bond donors (Lipinski definition) is 0. The summed E-state index contributed by atoms with van der Waals surface area (Å²) in [5.74, 6) is 1.36. The summed E-state index contributed by atoms with van der Waals surface area (Å²) >= 11 is 1.58. The Morgan fingerprint density at radius 2 is 1.82 bits per heavy atom. The van der Waals surface area contributed by atoms with Crippen LogP contribution < -0.4 is 4.74 Å². The van der Waals surface area contributed by atoms with Crippen LogP contribution in [0.5, 0.6) is 5.75 Å². The molecule has 28 heavy (non-hydrogen) atoms. The van der Waals surface area contributed by atoms with E-state index in [2.05, 4.69) is 23.3 Å². The summed E-state index contributed by atoms with van der Waals surface area (Å²) < 4.78 is 6.67. The second kappa shape index (κ2) is 6.80. The minimum atomic E-state index is -0.0337. The molecule has 0 saturated heterocycles. The molecule has 3 aromatic carbocycles. The number of rotatable bonds is 3. The molecule has 0 unspecified atom stereocenters. The van der Waals surface area contributed by atoms with Crippen LogP contribution in [0.1, 0.15) is 22.0 Å². The van der Waals surface area contributed by atoms with E-state index >= 15 is 0 Å². The van der Waals surface area contributed by atoms with Gasteiger partial charge in [-0.15, -0.1) is 5.10 Å². The van der Waals surface area contributed by atoms with Gasteiger partial charge < -0.3 is 4.74 Å². The average molecular weight is 387 g/mol. The quantitative estimate of drug-likeness (QED) is 0.496. The third-order valence-electron chi connectivity index (χ3n) is 4.94. The summed E-state index contributed by atoms with van der Waals surface area (Å²) in [6, 6.07) is 22.0. The largest absolute Gasteiger partial charge is 0.497 e. The van der Waals surface area contributed by atoms with E-state index in [1.54, 1.807) is 18.9 Å². The molecule has 1 aromatic heterocycles. The number of methoxy groups -OCH3 is 1. The Labute approximate surface area is 166 Å². The monoisotopic (exact) mass is 387 g/mol. The van der Waals surface area contributed by atoms with Crippen LogP contribution in [-0.2, 0) is 0 Å². The SMILES string of the molecule is COc1ccc([C@H]2CC(=O)n3nc(-c4cccc5ccccc45)nc3S2)cc1. The van der Waals surface area contributed by atoms with Crippen molar-refractivity contribution in [2.24, 2.45) is 0 Å². The van der Waals surface area contributed by atoms with Crippen molar-refractivity contribution in [2.75, 3.05) is 7.11 Å². The van der Waals surface area contributed by atoms with Crippen molar-refractivity contribution in [2.45, 2.75) is 16.8 Å². The van der Waals surface area contributed by atoms with Crippen LogP contribution in [0, 0.1) is 0 Å². The summed E-state index contributed by atoms with van der Waals surface area (Å²) in [5.41, 5.74) is 2.02. The lowest BCUT2D eigenvalue weighted by molar-refractivity contribution is 0.0868. The van der Waals surface area contributed by atoms with Crippen LogP contribution in [0.3, 0.4) is 0 Å². The zero-order valence-electron chi connectivity index (χ0n) is 15.2. The standard InChI is InChI=1S/C22H17N3O2S/c1-27-16-11-9-15(10-12-16)19-13-20(26)25-22(28-19)23-21(24-25)18-8-4-6-14-5-2-3-7-17(14)18/h2-12,19H,13H2,1H3/t19-/m1/s1. The van der Waals surface area contributed by atoms with Crippen LogP contribution in [0.2, 0.25) is 0 Å². The maximum Gasteiger partial charge on any atom is 0.250 e. The summed E-state index contributed by atoms with van der Waals surface area (Å²) in [4.78, 5) is 17.4. The molecule has 0 bridgehead atoms. The van der Waals surface area contributed by atoms with Gasteiger partial charge >= 0.3 is 0 Å². The number of carbonyl (C=O) groups excluding carboxylic acids is 1. The zero-order valence-corrected chi connectivity index (χ0v) is 16.0. The van der Waals surface area contributed by atoms with E-state index in [4.69, 9.17) is 9.72 Å². The molecule has 0 spiro atoms. The fourth-order valence-electron chi connectivity index (χ4n) is 3.49. The third kappa shape index (κ3) is 2.86. The molecule has 1 aliphatic rings. The van der Waals surface area contributed by atoms with Crippen molar-refractivity contribution >= 4 is 28.4 Å². The Morgan fingerprint density at radius 1 is 1.04 bits per heavy atom. The highest BCUT2D eigenvalue weighted by molar-refractivity contribution is 7.99. The number of nitrogens with zero attached hydrogens (tertiary/aromatic N) is 3. The van der Waals surface area contributed by atoms with Gasteiger partial charge in [0.25, 0.3) is 5.91 Å². The van der Waals surface area contributed by atoms with Crippen molar-refractivity contribution in [3.8, 4) is 17.1 Å². The van der Waals surface area contributed by atoms with Gasteiger partial charge in [0.15, 0.2) is 11.0 Å². The molecule has 0 N–H and O–H groups in total. The lowest BCUT2D eigenvalue weighted by Gasteiger charge is -2.20. The predicted molar refractivity (Wildman–Crippen MR) is 110 cm³/mol. The molecule has 1 atom stereocenters. The molecular weight excluding hydrogens is 370 g/mol. The highest BCUT2D eigenvalue weighted by Crippen LogP contribution is 2.42. The first-order valence-corrected chi connectivity index (χ1v) is 9.90. The van der Waals surface area contributed by atoms with E-state index in [1.165, 1.54) is 4.68 Å². The van der Waals surface area contributed by atoms with Crippen molar-refractivity contribution in [3.05, 3.63) is 72.3 Å². The Morgan fingerprint density at radius 3 is 2.64 bits per heavy atom. The molecule has 0 radical (unpaired) electrons. The molecule has 4 aromatic rings. The Bertz CT molecular complexity index is 1180. The van der Waals surface area contributed by atoms with Crippen LogP contribution in [0.25, 0.3) is 22.2 Å². The molecule has 0 fully saturated rings. The first-order valence-electron chi connectivity index (χ1n) is 9.02. The molecule has 1 aliphatic heterocycles. The fraction of sp³-hybridized carbons (Fsp3) is 0.136. The molecule has 0 aliphatic carbocycles. The van der Waals surface area contributed by atoms with Gasteiger partial charge in [0.05, 0.1) is 7.11 Å². The lowest BCUT2D eigenvalue weighted by Crippen LogP contribution is -2.20. The van der Waals surface area contributed by atoms with Crippen LogP contribution in [0.4, 0.5) is 0 Å². The van der Waals surface area contributed by atoms with Gasteiger partial charge in [0.2, 0.25) is 0 Å². The molecule has 2 heterocycles. The first-order chi connectivity index (χ1) is 13.7. The van der Waals surface area contributed by atoms with Crippen molar-refractivity contribution in [3.63, 3.8) is 0 Å². The van der Waals surface area contributed by atoms with E-state index in [-0.39, 0.29) is 11.2 Å².